The molecule has 1 saturated heterocycles. The van der Waals surface area contributed by atoms with Crippen LogP contribution in [-0.4, -0.2) is 22.3 Å². The lowest BCUT2D eigenvalue weighted by Gasteiger charge is -2.25. The minimum absolute atomic E-state index is 0.0399. The molecule has 0 aliphatic carbocycles. The van der Waals surface area contributed by atoms with Crippen molar-refractivity contribution in [3.05, 3.63) is 0 Å². The molecule has 4 heteroatoms. The Kier molecular flexibility index (Phi) is 6.36. The lowest BCUT2D eigenvalue weighted by molar-refractivity contribution is 0.210. The van der Waals surface area contributed by atoms with Gasteiger partial charge < -0.3 is 5.32 Å². The molecule has 1 fully saturated rings. The molecule has 0 aromatic heterocycles. The molecule has 0 aromatic rings. The number of hydrogen-bond acceptors (Lipinski definition) is 2. The van der Waals surface area contributed by atoms with Crippen LogP contribution in [0.25, 0.3) is 0 Å². The highest BCUT2D eigenvalue weighted by molar-refractivity contribution is 7.80. The summed E-state index contributed by atoms with van der Waals surface area (Å²) in [7, 11) is 0. The molecule has 0 bridgehead atoms. The van der Waals surface area contributed by atoms with Crippen molar-refractivity contribution in [2.45, 2.75) is 71.9 Å². The van der Waals surface area contributed by atoms with Crippen LogP contribution in [0.4, 0.5) is 0 Å². The van der Waals surface area contributed by atoms with E-state index in [2.05, 4.69) is 43.4 Å². The van der Waals surface area contributed by atoms with Crippen LogP contribution >= 0.6 is 12.2 Å². The van der Waals surface area contributed by atoms with Crippen LogP contribution in [0, 0.1) is 5.92 Å². The number of thiocarbonyl (C=S) groups is 1. The van der Waals surface area contributed by atoms with Crippen molar-refractivity contribution >= 4 is 17.3 Å². The van der Waals surface area contributed by atoms with E-state index >= 15 is 0 Å². The van der Waals surface area contributed by atoms with Crippen molar-refractivity contribution in [1.82, 2.24) is 15.8 Å². The maximum atomic E-state index is 5.40. The van der Waals surface area contributed by atoms with Gasteiger partial charge in [-0.05, 0) is 44.3 Å². The van der Waals surface area contributed by atoms with Gasteiger partial charge in [0.2, 0.25) is 0 Å². The Morgan fingerprint density at radius 2 is 2.00 bits per heavy atom. The van der Waals surface area contributed by atoms with E-state index in [1.54, 1.807) is 0 Å². The predicted octanol–water partition coefficient (Wildman–Crippen LogP) is 3.41. The Morgan fingerprint density at radius 1 is 1.28 bits per heavy atom. The van der Waals surface area contributed by atoms with E-state index in [0.717, 1.165) is 18.1 Å². The Hall–Kier alpha value is -0.350. The maximum Gasteiger partial charge on any atom is 0.185 e. The van der Waals surface area contributed by atoms with Crippen LogP contribution in [-0.2, 0) is 0 Å². The molecule has 1 rings (SSSR count). The van der Waals surface area contributed by atoms with Crippen LogP contribution in [0.5, 0.6) is 0 Å². The highest BCUT2D eigenvalue weighted by Crippen LogP contribution is 2.18. The summed E-state index contributed by atoms with van der Waals surface area (Å²) in [6.45, 7) is 9.94. The molecule has 106 valence electrons. The van der Waals surface area contributed by atoms with Crippen LogP contribution < -0.4 is 10.7 Å². The fraction of sp³-hybridized carbons (Fsp3) is 0.929. The van der Waals surface area contributed by atoms with Crippen molar-refractivity contribution in [2.75, 3.05) is 6.54 Å². The van der Waals surface area contributed by atoms with Gasteiger partial charge in [-0.2, -0.15) is 0 Å². The van der Waals surface area contributed by atoms with Gasteiger partial charge in [0, 0.05) is 6.54 Å². The largest absolute Gasteiger partial charge is 0.342 e. The summed E-state index contributed by atoms with van der Waals surface area (Å²) >= 11 is 5.40. The zero-order chi connectivity index (χ0) is 13.6. The SMILES string of the molecule is CCCCCC[C@@]1(C)NC(=S)N(CCC(C)C)N1. The van der Waals surface area contributed by atoms with Crippen LogP contribution in [0.2, 0.25) is 0 Å². The smallest absolute Gasteiger partial charge is 0.185 e. The van der Waals surface area contributed by atoms with Crippen molar-refractivity contribution < 1.29 is 0 Å². The van der Waals surface area contributed by atoms with Gasteiger partial charge in [0.05, 0.1) is 0 Å². The fourth-order valence-corrected chi connectivity index (χ4v) is 2.61. The van der Waals surface area contributed by atoms with Gasteiger partial charge in [0.15, 0.2) is 5.11 Å². The van der Waals surface area contributed by atoms with E-state index in [4.69, 9.17) is 12.2 Å². The van der Waals surface area contributed by atoms with E-state index in [-0.39, 0.29) is 5.66 Å². The average molecular weight is 271 g/mol. The van der Waals surface area contributed by atoms with E-state index in [9.17, 15) is 0 Å². The quantitative estimate of drug-likeness (QED) is 0.522. The third-order valence-corrected chi connectivity index (χ3v) is 3.79. The molecule has 0 saturated carbocycles. The van der Waals surface area contributed by atoms with Gasteiger partial charge in [-0.1, -0.05) is 40.0 Å². The first-order valence-electron chi connectivity index (χ1n) is 7.34. The summed E-state index contributed by atoms with van der Waals surface area (Å²) in [6, 6.07) is 0. The molecule has 0 amide bonds. The topological polar surface area (TPSA) is 27.3 Å². The first-order valence-corrected chi connectivity index (χ1v) is 7.75. The lowest BCUT2D eigenvalue weighted by atomic mass is 10.0. The van der Waals surface area contributed by atoms with E-state index in [1.165, 1.54) is 32.1 Å². The number of nitrogens with one attached hydrogen (secondary N) is 2. The first-order chi connectivity index (χ1) is 8.47. The minimum atomic E-state index is -0.0399. The first kappa shape index (κ1) is 15.7. The van der Waals surface area contributed by atoms with Gasteiger partial charge in [-0.15, -0.1) is 0 Å². The number of hydrazine groups is 1. The molecule has 1 heterocycles. The van der Waals surface area contributed by atoms with Crippen molar-refractivity contribution in [1.29, 1.82) is 0 Å². The molecule has 0 radical (unpaired) electrons. The molecule has 1 aliphatic rings. The van der Waals surface area contributed by atoms with E-state index < -0.39 is 0 Å². The van der Waals surface area contributed by atoms with Crippen LogP contribution in [0.1, 0.15) is 66.2 Å². The number of unbranched alkanes of at least 4 members (excludes halogenated alkanes) is 3. The zero-order valence-electron chi connectivity index (χ0n) is 12.4. The summed E-state index contributed by atoms with van der Waals surface area (Å²) in [5.41, 5.74) is 3.49. The Morgan fingerprint density at radius 3 is 2.61 bits per heavy atom. The van der Waals surface area contributed by atoms with Gasteiger partial charge >= 0.3 is 0 Å². The monoisotopic (exact) mass is 271 g/mol. The van der Waals surface area contributed by atoms with Gasteiger partial charge in [0.1, 0.15) is 5.66 Å². The Bertz CT molecular complexity index is 268. The summed E-state index contributed by atoms with van der Waals surface area (Å²) in [5.74, 6) is 0.714. The van der Waals surface area contributed by atoms with E-state index in [1.807, 2.05) is 0 Å². The number of hydrogen-bond donors (Lipinski definition) is 2. The van der Waals surface area contributed by atoms with Crippen LogP contribution in [0.15, 0.2) is 0 Å². The van der Waals surface area contributed by atoms with Crippen molar-refractivity contribution in [2.24, 2.45) is 5.92 Å². The summed E-state index contributed by atoms with van der Waals surface area (Å²) in [4.78, 5) is 0. The lowest BCUT2D eigenvalue weighted by Crippen LogP contribution is -2.48. The van der Waals surface area contributed by atoms with Gasteiger partial charge in [-0.3, -0.25) is 5.01 Å². The Balaban J connectivity index is 2.33. The van der Waals surface area contributed by atoms with Crippen LogP contribution in [0.3, 0.4) is 0 Å². The number of rotatable bonds is 8. The third kappa shape index (κ3) is 5.11. The molecule has 0 unspecified atom stereocenters. The highest BCUT2D eigenvalue weighted by atomic mass is 32.1. The van der Waals surface area contributed by atoms with E-state index in [0.29, 0.717) is 5.92 Å². The molecule has 2 N–H and O–H groups in total. The maximum absolute atomic E-state index is 5.40. The minimum Gasteiger partial charge on any atom is -0.342 e. The molecular weight excluding hydrogens is 242 g/mol. The molecule has 0 spiro atoms. The third-order valence-electron chi connectivity index (χ3n) is 3.47. The summed E-state index contributed by atoms with van der Waals surface area (Å²) < 4.78 is 0. The average Bonchev–Trinajstić information content (AvgIpc) is 2.58. The zero-order valence-corrected chi connectivity index (χ0v) is 13.2. The second-order valence-corrected chi connectivity index (χ2v) is 6.41. The summed E-state index contributed by atoms with van der Waals surface area (Å²) in [6.07, 6.45) is 7.49. The molecule has 18 heavy (non-hydrogen) atoms. The second kappa shape index (κ2) is 7.29. The second-order valence-electron chi connectivity index (χ2n) is 6.02. The molecule has 1 atom stereocenters. The van der Waals surface area contributed by atoms with Crippen molar-refractivity contribution in [3.8, 4) is 0 Å². The normalized spacial score (nSPS) is 23.8. The molecule has 3 nitrogen and oxygen atoms in total. The molecular formula is C14H29N3S. The molecule has 0 aromatic carbocycles. The predicted molar refractivity (Wildman–Crippen MR) is 82.2 cm³/mol. The van der Waals surface area contributed by atoms with Gasteiger partial charge in [0.25, 0.3) is 0 Å². The Labute approximate surface area is 118 Å². The standard InChI is InChI=1S/C14H29N3S/c1-5-6-7-8-10-14(4)15-13(18)17(16-14)11-9-12(2)3/h12,16H,5-11H2,1-4H3,(H,15,18)/t14-/m0/s1. The molecule has 1 aliphatic heterocycles. The fourth-order valence-electron chi connectivity index (χ4n) is 2.25. The van der Waals surface area contributed by atoms with Crippen molar-refractivity contribution in [3.63, 3.8) is 0 Å². The van der Waals surface area contributed by atoms with Gasteiger partial charge in [-0.25, -0.2) is 5.43 Å². The summed E-state index contributed by atoms with van der Waals surface area (Å²) in [5, 5.41) is 6.39. The highest BCUT2D eigenvalue weighted by Gasteiger charge is 2.34. The number of nitrogens with zero attached hydrogens (tertiary/aromatic N) is 1.